The normalized spacial score (nSPS) is 13.1. The molecule has 0 saturated heterocycles. The van der Waals surface area contributed by atoms with Crippen molar-refractivity contribution in [3.05, 3.63) is 0 Å². The van der Waals surface area contributed by atoms with Crippen LogP contribution in [0.1, 0.15) is 125 Å². The molecule has 1 unspecified atom stereocenters. The first-order chi connectivity index (χ1) is 12.8. The van der Waals surface area contributed by atoms with Crippen LogP contribution in [-0.2, 0) is 9.53 Å². The minimum atomic E-state index is -1.45. The van der Waals surface area contributed by atoms with E-state index in [-0.39, 0.29) is 0 Å². The predicted molar refractivity (Wildman–Crippen MR) is 115 cm³/mol. The summed E-state index contributed by atoms with van der Waals surface area (Å²) >= 11 is 0. The summed E-state index contributed by atoms with van der Waals surface area (Å²) in [5, 5.41) is 0. The van der Waals surface area contributed by atoms with Gasteiger partial charge in [-0.25, -0.2) is 9.18 Å². The van der Waals surface area contributed by atoms with Crippen LogP contribution in [-0.4, -0.2) is 18.7 Å². The summed E-state index contributed by atoms with van der Waals surface area (Å²) in [7, 11) is 0. The summed E-state index contributed by atoms with van der Waals surface area (Å²) in [4.78, 5) is 11.9. The molecule has 1 atom stereocenters. The minimum absolute atomic E-state index is 0.305. The summed E-state index contributed by atoms with van der Waals surface area (Å²) in [6.07, 6.45) is 13.7. The zero-order chi connectivity index (χ0) is 20.5. The summed E-state index contributed by atoms with van der Waals surface area (Å²) in [5.41, 5.74) is 0.332. The number of rotatable bonds is 17. The number of hydrogen-bond acceptors (Lipinski definition) is 2. The zero-order valence-electron chi connectivity index (χ0n) is 19.0. The van der Waals surface area contributed by atoms with Crippen molar-refractivity contribution in [2.75, 3.05) is 6.61 Å². The molecule has 0 N–H and O–H groups in total. The highest BCUT2D eigenvalue weighted by molar-refractivity contribution is 5.74. The molecule has 0 rings (SSSR count). The first-order valence-corrected chi connectivity index (χ1v) is 11.6. The standard InChI is InChI=1S/C24H47FO2/c1-6-8-11-15-21(16-12-9-7-2)18-20-27-23(26)22(25)17-13-10-14-19-24(3,4)5/h21-22H,6-20H2,1-5H3. The molecule has 0 spiro atoms. The third-order valence-corrected chi connectivity index (χ3v) is 5.34. The highest BCUT2D eigenvalue weighted by atomic mass is 19.1. The van der Waals surface area contributed by atoms with Gasteiger partial charge < -0.3 is 4.74 Å². The van der Waals surface area contributed by atoms with Crippen molar-refractivity contribution in [2.45, 2.75) is 131 Å². The van der Waals surface area contributed by atoms with Crippen LogP contribution in [0.5, 0.6) is 0 Å². The number of halogens is 1. The van der Waals surface area contributed by atoms with Crippen LogP contribution in [0.4, 0.5) is 4.39 Å². The SMILES string of the molecule is CCCCCC(CCCCC)CCOC(=O)C(F)CCCCCC(C)(C)C. The lowest BCUT2D eigenvalue weighted by Crippen LogP contribution is -2.20. The fraction of sp³-hybridized carbons (Fsp3) is 0.958. The van der Waals surface area contributed by atoms with Crippen molar-refractivity contribution in [3.8, 4) is 0 Å². The van der Waals surface area contributed by atoms with Crippen molar-refractivity contribution in [3.63, 3.8) is 0 Å². The third kappa shape index (κ3) is 17.2. The molecule has 27 heavy (non-hydrogen) atoms. The van der Waals surface area contributed by atoms with Gasteiger partial charge in [-0.05, 0) is 37.0 Å². The van der Waals surface area contributed by atoms with Crippen LogP contribution in [0.3, 0.4) is 0 Å². The molecule has 0 aliphatic rings. The largest absolute Gasteiger partial charge is 0.464 e. The number of esters is 1. The predicted octanol–water partition coefficient (Wildman–Crippen LogP) is 8.03. The Morgan fingerprint density at radius 3 is 1.89 bits per heavy atom. The smallest absolute Gasteiger partial charge is 0.340 e. The number of alkyl halides is 1. The Hall–Kier alpha value is -0.600. The molecule has 0 aromatic carbocycles. The van der Waals surface area contributed by atoms with Gasteiger partial charge in [0, 0.05) is 0 Å². The third-order valence-electron chi connectivity index (χ3n) is 5.34. The van der Waals surface area contributed by atoms with E-state index in [2.05, 4.69) is 34.6 Å². The van der Waals surface area contributed by atoms with E-state index in [0.29, 0.717) is 24.4 Å². The fourth-order valence-corrected chi connectivity index (χ4v) is 3.49. The van der Waals surface area contributed by atoms with Crippen LogP contribution in [0.15, 0.2) is 0 Å². The van der Waals surface area contributed by atoms with Crippen molar-refractivity contribution in [1.29, 1.82) is 0 Å². The van der Waals surface area contributed by atoms with Gasteiger partial charge in [-0.15, -0.1) is 0 Å². The van der Waals surface area contributed by atoms with Gasteiger partial charge in [0.25, 0.3) is 0 Å². The number of carbonyl (C=O) groups excluding carboxylic acids is 1. The van der Waals surface area contributed by atoms with Crippen LogP contribution >= 0.6 is 0 Å². The first-order valence-electron chi connectivity index (χ1n) is 11.6. The van der Waals surface area contributed by atoms with E-state index in [0.717, 1.165) is 32.1 Å². The van der Waals surface area contributed by atoms with Crippen molar-refractivity contribution in [1.82, 2.24) is 0 Å². The van der Waals surface area contributed by atoms with E-state index in [1.54, 1.807) is 0 Å². The molecule has 0 aromatic heterocycles. The summed E-state index contributed by atoms with van der Waals surface area (Å²) in [6, 6.07) is 0. The van der Waals surface area contributed by atoms with E-state index < -0.39 is 12.1 Å². The highest BCUT2D eigenvalue weighted by Gasteiger charge is 2.19. The van der Waals surface area contributed by atoms with Gasteiger partial charge in [-0.1, -0.05) is 98.8 Å². The molecule has 0 amide bonds. The Morgan fingerprint density at radius 2 is 1.37 bits per heavy atom. The average molecular weight is 387 g/mol. The Balaban J connectivity index is 3.94. The summed E-state index contributed by atoms with van der Waals surface area (Å²) < 4.78 is 19.2. The molecule has 0 radical (unpaired) electrons. The lowest BCUT2D eigenvalue weighted by Gasteiger charge is -2.18. The Kier molecular flexibility index (Phi) is 16.0. The molecule has 3 heteroatoms. The molecular weight excluding hydrogens is 339 g/mol. The number of unbranched alkanes of at least 4 members (excludes halogenated alkanes) is 6. The molecule has 2 nitrogen and oxygen atoms in total. The number of hydrogen-bond donors (Lipinski definition) is 0. The van der Waals surface area contributed by atoms with E-state index in [9.17, 15) is 9.18 Å². The molecule has 0 fully saturated rings. The quantitative estimate of drug-likeness (QED) is 0.187. The second-order valence-corrected chi connectivity index (χ2v) is 9.44. The maximum Gasteiger partial charge on any atom is 0.340 e. The highest BCUT2D eigenvalue weighted by Crippen LogP contribution is 2.23. The van der Waals surface area contributed by atoms with Crippen molar-refractivity contribution < 1.29 is 13.9 Å². The van der Waals surface area contributed by atoms with Gasteiger partial charge >= 0.3 is 5.97 Å². The lowest BCUT2D eigenvalue weighted by atomic mass is 9.89. The maximum absolute atomic E-state index is 14.0. The second kappa shape index (κ2) is 16.4. The topological polar surface area (TPSA) is 26.3 Å². The Labute approximate surface area is 169 Å². The summed E-state index contributed by atoms with van der Waals surface area (Å²) in [6.45, 7) is 11.5. The Bertz CT molecular complexity index is 339. The monoisotopic (exact) mass is 386 g/mol. The first kappa shape index (κ1) is 26.4. The molecule has 0 saturated carbocycles. The van der Waals surface area contributed by atoms with Crippen LogP contribution in [0.25, 0.3) is 0 Å². The van der Waals surface area contributed by atoms with Gasteiger partial charge in [0.1, 0.15) is 0 Å². The molecule has 0 aliphatic carbocycles. The van der Waals surface area contributed by atoms with E-state index in [1.807, 2.05) is 0 Å². The summed E-state index contributed by atoms with van der Waals surface area (Å²) in [5.74, 6) is -0.0296. The Morgan fingerprint density at radius 1 is 0.815 bits per heavy atom. The zero-order valence-corrected chi connectivity index (χ0v) is 19.0. The number of carbonyl (C=O) groups is 1. The van der Waals surface area contributed by atoms with Gasteiger partial charge in [-0.2, -0.15) is 0 Å². The van der Waals surface area contributed by atoms with Gasteiger partial charge in [-0.3, -0.25) is 0 Å². The molecule has 0 bridgehead atoms. The van der Waals surface area contributed by atoms with Gasteiger partial charge in [0.2, 0.25) is 0 Å². The average Bonchev–Trinajstić information content (AvgIpc) is 2.60. The maximum atomic E-state index is 14.0. The van der Waals surface area contributed by atoms with Crippen LogP contribution < -0.4 is 0 Å². The van der Waals surface area contributed by atoms with E-state index in [1.165, 1.54) is 51.4 Å². The molecule has 162 valence electrons. The minimum Gasteiger partial charge on any atom is -0.464 e. The molecular formula is C24H47FO2. The lowest BCUT2D eigenvalue weighted by molar-refractivity contribution is -0.150. The van der Waals surface area contributed by atoms with E-state index in [4.69, 9.17) is 4.74 Å². The van der Waals surface area contributed by atoms with Crippen LogP contribution in [0, 0.1) is 11.3 Å². The van der Waals surface area contributed by atoms with Crippen LogP contribution in [0.2, 0.25) is 0 Å². The fourth-order valence-electron chi connectivity index (χ4n) is 3.49. The second-order valence-electron chi connectivity index (χ2n) is 9.44. The molecule has 0 aliphatic heterocycles. The van der Waals surface area contributed by atoms with E-state index >= 15 is 0 Å². The molecule has 0 aromatic rings. The van der Waals surface area contributed by atoms with Crippen molar-refractivity contribution in [2.24, 2.45) is 11.3 Å². The van der Waals surface area contributed by atoms with Crippen molar-refractivity contribution >= 4 is 5.97 Å². The molecule has 0 heterocycles. The van der Waals surface area contributed by atoms with Gasteiger partial charge in [0.15, 0.2) is 6.17 Å². The van der Waals surface area contributed by atoms with Gasteiger partial charge in [0.05, 0.1) is 6.61 Å². The number of ether oxygens (including phenoxy) is 1.